The zero-order chi connectivity index (χ0) is 13.7. The molecule has 0 bridgehead atoms. The first-order valence-electron chi connectivity index (χ1n) is 5.61. The van der Waals surface area contributed by atoms with E-state index in [1.165, 1.54) is 6.08 Å². The summed E-state index contributed by atoms with van der Waals surface area (Å²) in [5.41, 5.74) is 2.77. The van der Waals surface area contributed by atoms with Crippen LogP contribution in [-0.4, -0.2) is 0 Å². The van der Waals surface area contributed by atoms with Gasteiger partial charge in [0.1, 0.15) is 17.7 Å². The Labute approximate surface area is 116 Å². The van der Waals surface area contributed by atoms with Crippen LogP contribution < -0.4 is 0 Å². The zero-order valence-electron chi connectivity index (χ0n) is 9.97. The van der Waals surface area contributed by atoms with Crippen LogP contribution in [0.2, 0.25) is 5.02 Å². The van der Waals surface area contributed by atoms with Crippen LogP contribution in [0, 0.1) is 22.7 Å². The van der Waals surface area contributed by atoms with Crippen molar-refractivity contribution in [2.45, 2.75) is 0 Å². The molecule has 0 aliphatic heterocycles. The molecular weight excluding hydrogens is 256 g/mol. The summed E-state index contributed by atoms with van der Waals surface area (Å²) in [5.74, 6) is 0. The smallest absolute Gasteiger partial charge is 0.130 e. The Morgan fingerprint density at radius 1 is 0.947 bits per heavy atom. The molecule has 0 atom stereocenters. The average Bonchev–Trinajstić information content (AvgIpc) is 2.47. The van der Waals surface area contributed by atoms with Crippen LogP contribution in [-0.2, 0) is 0 Å². The molecular formula is C16H9ClN2. The van der Waals surface area contributed by atoms with Crippen molar-refractivity contribution in [3.8, 4) is 23.3 Å². The number of hydrogen-bond acceptors (Lipinski definition) is 2. The third-order valence-corrected chi connectivity index (χ3v) is 2.98. The summed E-state index contributed by atoms with van der Waals surface area (Å²) < 4.78 is 0. The standard InChI is InChI=1S/C16H9ClN2/c17-16-9-14(13-4-2-1-3-5-13)6-7-15(16)8-12(10-18)11-19/h1-9H. The van der Waals surface area contributed by atoms with Gasteiger partial charge >= 0.3 is 0 Å². The Hall–Kier alpha value is -2.55. The summed E-state index contributed by atoms with van der Waals surface area (Å²) in [6.07, 6.45) is 1.48. The van der Waals surface area contributed by atoms with E-state index in [0.717, 1.165) is 11.1 Å². The quantitative estimate of drug-likeness (QED) is 0.753. The van der Waals surface area contributed by atoms with Gasteiger partial charge in [0.2, 0.25) is 0 Å². The van der Waals surface area contributed by atoms with E-state index in [4.69, 9.17) is 22.1 Å². The lowest BCUT2D eigenvalue weighted by Gasteiger charge is -2.04. The minimum atomic E-state index is 0.0364. The highest BCUT2D eigenvalue weighted by Gasteiger charge is 2.03. The van der Waals surface area contributed by atoms with Gasteiger partial charge in [-0.2, -0.15) is 10.5 Å². The number of nitrogens with zero attached hydrogens (tertiary/aromatic N) is 2. The lowest BCUT2D eigenvalue weighted by Crippen LogP contribution is -1.82. The summed E-state index contributed by atoms with van der Waals surface area (Å²) in [5, 5.41) is 18.0. The van der Waals surface area contributed by atoms with Gasteiger partial charge in [-0.3, -0.25) is 0 Å². The van der Waals surface area contributed by atoms with Gasteiger partial charge in [0, 0.05) is 5.02 Å². The Morgan fingerprint density at radius 2 is 1.63 bits per heavy atom. The number of allylic oxidation sites excluding steroid dienone is 1. The summed E-state index contributed by atoms with van der Waals surface area (Å²) in [6.45, 7) is 0. The first-order valence-corrected chi connectivity index (χ1v) is 5.99. The predicted molar refractivity (Wildman–Crippen MR) is 76.1 cm³/mol. The molecule has 0 aromatic heterocycles. The van der Waals surface area contributed by atoms with Gasteiger partial charge in [0.15, 0.2) is 0 Å². The molecule has 0 saturated carbocycles. The van der Waals surface area contributed by atoms with Crippen molar-refractivity contribution in [2.75, 3.05) is 0 Å². The normalized spacial score (nSPS) is 9.21. The van der Waals surface area contributed by atoms with Crippen LogP contribution in [0.3, 0.4) is 0 Å². The maximum absolute atomic E-state index is 8.73. The van der Waals surface area contributed by atoms with Crippen LogP contribution in [0.4, 0.5) is 0 Å². The molecule has 90 valence electrons. The fraction of sp³-hybridized carbons (Fsp3) is 0. The monoisotopic (exact) mass is 264 g/mol. The molecule has 2 aromatic rings. The molecule has 2 rings (SSSR count). The van der Waals surface area contributed by atoms with E-state index < -0.39 is 0 Å². The number of halogens is 1. The largest absolute Gasteiger partial charge is 0.192 e. The van der Waals surface area contributed by atoms with Crippen LogP contribution in [0.5, 0.6) is 0 Å². The van der Waals surface area contributed by atoms with E-state index in [-0.39, 0.29) is 5.57 Å². The number of nitriles is 2. The van der Waals surface area contributed by atoms with Crippen molar-refractivity contribution in [1.82, 2.24) is 0 Å². The highest BCUT2D eigenvalue weighted by molar-refractivity contribution is 6.32. The topological polar surface area (TPSA) is 47.6 Å². The van der Waals surface area contributed by atoms with E-state index in [1.54, 1.807) is 6.07 Å². The molecule has 0 aliphatic carbocycles. The van der Waals surface area contributed by atoms with E-state index in [1.807, 2.05) is 54.6 Å². The minimum absolute atomic E-state index is 0.0364. The lowest BCUT2D eigenvalue weighted by atomic mass is 10.0. The molecule has 0 saturated heterocycles. The highest BCUT2D eigenvalue weighted by atomic mass is 35.5. The van der Waals surface area contributed by atoms with Crippen molar-refractivity contribution in [1.29, 1.82) is 10.5 Å². The summed E-state index contributed by atoms with van der Waals surface area (Å²) in [7, 11) is 0. The van der Waals surface area contributed by atoms with Gasteiger partial charge in [0.05, 0.1) is 0 Å². The first kappa shape index (κ1) is 12.9. The summed E-state index contributed by atoms with van der Waals surface area (Å²) >= 11 is 6.17. The van der Waals surface area contributed by atoms with Crippen LogP contribution in [0.25, 0.3) is 17.2 Å². The summed E-state index contributed by atoms with van der Waals surface area (Å²) in [4.78, 5) is 0. The van der Waals surface area contributed by atoms with E-state index in [0.29, 0.717) is 10.6 Å². The number of rotatable bonds is 2. The molecule has 19 heavy (non-hydrogen) atoms. The van der Waals surface area contributed by atoms with Crippen molar-refractivity contribution in [2.24, 2.45) is 0 Å². The molecule has 2 nitrogen and oxygen atoms in total. The molecule has 0 fully saturated rings. The van der Waals surface area contributed by atoms with Crippen LogP contribution in [0.15, 0.2) is 54.1 Å². The Bertz CT molecular complexity index is 688. The van der Waals surface area contributed by atoms with Crippen molar-refractivity contribution in [3.05, 3.63) is 64.7 Å². The molecule has 0 amide bonds. The second-order valence-electron chi connectivity index (χ2n) is 3.88. The maximum atomic E-state index is 8.73. The molecule has 0 heterocycles. The second kappa shape index (κ2) is 5.87. The van der Waals surface area contributed by atoms with Gasteiger partial charge < -0.3 is 0 Å². The minimum Gasteiger partial charge on any atom is -0.192 e. The fourth-order valence-electron chi connectivity index (χ4n) is 1.70. The van der Waals surface area contributed by atoms with E-state index >= 15 is 0 Å². The van der Waals surface area contributed by atoms with Gasteiger partial charge in [-0.15, -0.1) is 0 Å². The van der Waals surface area contributed by atoms with Gasteiger partial charge in [-0.05, 0) is 28.8 Å². The Kier molecular flexibility index (Phi) is 3.98. The van der Waals surface area contributed by atoms with Gasteiger partial charge in [0.25, 0.3) is 0 Å². The van der Waals surface area contributed by atoms with E-state index in [2.05, 4.69) is 0 Å². The average molecular weight is 265 g/mol. The SMILES string of the molecule is N#CC(C#N)=Cc1ccc(-c2ccccc2)cc1Cl. The maximum Gasteiger partial charge on any atom is 0.130 e. The molecule has 2 aromatic carbocycles. The lowest BCUT2D eigenvalue weighted by molar-refractivity contribution is 1.47. The highest BCUT2D eigenvalue weighted by Crippen LogP contribution is 2.26. The van der Waals surface area contributed by atoms with Crippen molar-refractivity contribution < 1.29 is 0 Å². The Morgan fingerprint density at radius 3 is 2.21 bits per heavy atom. The second-order valence-corrected chi connectivity index (χ2v) is 4.29. The van der Waals surface area contributed by atoms with Gasteiger partial charge in [-0.1, -0.05) is 54.1 Å². The number of hydrogen-bond donors (Lipinski definition) is 0. The molecule has 0 aliphatic rings. The van der Waals surface area contributed by atoms with Crippen molar-refractivity contribution >= 4 is 17.7 Å². The van der Waals surface area contributed by atoms with Crippen LogP contribution in [0.1, 0.15) is 5.56 Å². The third-order valence-electron chi connectivity index (χ3n) is 2.65. The number of benzene rings is 2. The molecule has 3 heteroatoms. The van der Waals surface area contributed by atoms with Crippen molar-refractivity contribution in [3.63, 3.8) is 0 Å². The molecule has 0 spiro atoms. The molecule has 0 unspecified atom stereocenters. The third kappa shape index (κ3) is 3.01. The Balaban J connectivity index is 2.42. The zero-order valence-corrected chi connectivity index (χ0v) is 10.7. The molecule has 0 N–H and O–H groups in total. The predicted octanol–water partition coefficient (Wildman–Crippen LogP) is 4.44. The van der Waals surface area contributed by atoms with Crippen LogP contribution >= 0.6 is 11.6 Å². The molecule has 0 radical (unpaired) electrons. The van der Waals surface area contributed by atoms with Gasteiger partial charge in [-0.25, -0.2) is 0 Å². The first-order chi connectivity index (χ1) is 9.24. The fourth-order valence-corrected chi connectivity index (χ4v) is 1.93. The summed E-state index contributed by atoms with van der Waals surface area (Å²) in [6, 6.07) is 19.0. The van der Waals surface area contributed by atoms with E-state index in [9.17, 15) is 0 Å².